The van der Waals surface area contributed by atoms with Crippen molar-refractivity contribution in [3.05, 3.63) is 11.1 Å². The van der Waals surface area contributed by atoms with E-state index >= 15 is 0 Å². The van der Waals surface area contributed by atoms with Crippen LogP contribution in [0.3, 0.4) is 0 Å². The summed E-state index contributed by atoms with van der Waals surface area (Å²) in [5.74, 6) is 0.553. The molecule has 14 heavy (non-hydrogen) atoms. The predicted molar refractivity (Wildman–Crippen MR) is 59.3 cm³/mol. The third kappa shape index (κ3) is 2.19. The summed E-state index contributed by atoms with van der Waals surface area (Å²) in [5.41, 5.74) is 0. The zero-order chi connectivity index (χ0) is 9.97. The highest BCUT2D eigenvalue weighted by Gasteiger charge is 2.19. The molecule has 1 fully saturated rings. The standard InChI is InChI=1S/C9H13ClN2OS/c1-7-6-12(2-3-13-7)9-11-5-8(4-10)14-9/h5,7H,2-4,6H2,1H3. The van der Waals surface area contributed by atoms with Crippen LogP contribution in [-0.2, 0) is 10.6 Å². The third-order valence-electron chi connectivity index (χ3n) is 2.18. The number of morpholine rings is 1. The molecule has 1 aromatic rings. The number of ether oxygens (including phenoxy) is 1. The molecule has 1 atom stereocenters. The highest BCUT2D eigenvalue weighted by Crippen LogP contribution is 2.25. The van der Waals surface area contributed by atoms with Crippen molar-refractivity contribution in [2.45, 2.75) is 18.9 Å². The van der Waals surface area contributed by atoms with Crippen molar-refractivity contribution in [1.82, 2.24) is 4.98 Å². The SMILES string of the molecule is CC1CN(c2ncc(CCl)s2)CCO1. The summed E-state index contributed by atoms with van der Waals surface area (Å²) in [5, 5.41) is 1.07. The van der Waals surface area contributed by atoms with Gasteiger partial charge in [-0.25, -0.2) is 4.98 Å². The Morgan fingerprint density at radius 2 is 2.64 bits per heavy atom. The molecule has 0 N–H and O–H groups in total. The van der Waals surface area contributed by atoms with E-state index in [9.17, 15) is 0 Å². The number of alkyl halides is 1. The molecule has 2 rings (SSSR count). The van der Waals surface area contributed by atoms with E-state index in [2.05, 4.69) is 16.8 Å². The summed E-state index contributed by atoms with van der Waals surface area (Å²) in [6, 6.07) is 0. The van der Waals surface area contributed by atoms with Crippen molar-refractivity contribution in [3.63, 3.8) is 0 Å². The minimum atomic E-state index is 0.298. The molecule has 1 aliphatic rings. The van der Waals surface area contributed by atoms with Crippen molar-refractivity contribution in [2.75, 3.05) is 24.6 Å². The lowest BCUT2D eigenvalue weighted by molar-refractivity contribution is 0.0532. The molecular formula is C9H13ClN2OS. The van der Waals surface area contributed by atoms with Crippen LogP contribution in [0.4, 0.5) is 5.13 Å². The zero-order valence-electron chi connectivity index (χ0n) is 8.07. The zero-order valence-corrected chi connectivity index (χ0v) is 9.64. The third-order valence-corrected chi connectivity index (χ3v) is 3.69. The molecule has 3 nitrogen and oxygen atoms in total. The van der Waals surface area contributed by atoms with Crippen LogP contribution in [-0.4, -0.2) is 30.8 Å². The summed E-state index contributed by atoms with van der Waals surface area (Å²) in [4.78, 5) is 7.73. The number of anilines is 1. The van der Waals surface area contributed by atoms with E-state index in [-0.39, 0.29) is 0 Å². The normalized spacial score (nSPS) is 22.7. The topological polar surface area (TPSA) is 25.4 Å². The molecular weight excluding hydrogens is 220 g/mol. The first-order valence-corrected chi connectivity index (χ1v) is 6.02. The van der Waals surface area contributed by atoms with Crippen LogP contribution in [0.15, 0.2) is 6.20 Å². The fourth-order valence-corrected chi connectivity index (χ4v) is 2.52. The molecule has 5 heteroatoms. The van der Waals surface area contributed by atoms with Crippen molar-refractivity contribution < 1.29 is 4.74 Å². The first kappa shape index (κ1) is 10.2. The second-order valence-electron chi connectivity index (χ2n) is 3.37. The smallest absolute Gasteiger partial charge is 0.185 e. The van der Waals surface area contributed by atoms with E-state index in [1.807, 2.05) is 6.20 Å². The van der Waals surface area contributed by atoms with Crippen LogP contribution in [0.5, 0.6) is 0 Å². The van der Waals surface area contributed by atoms with Gasteiger partial charge in [0.1, 0.15) is 0 Å². The van der Waals surface area contributed by atoms with Crippen LogP contribution in [0.1, 0.15) is 11.8 Å². The largest absolute Gasteiger partial charge is 0.375 e. The molecule has 0 amide bonds. The monoisotopic (exact) mass is 232 g/mol. The minimum absolute atomic E-state index is 0.298. The molecule has 0 radical (unpaired) electrons. The van der Waals surface area contributed by atoms with Gasteiger partial charge in [0.05, 0.1) is 18.6 Å². The summed E-state index contributed by atoms with van der Waals surface area (Å²) >= 11 is 7.40. The Morgan fingerprint density at radius 1 is 1.79 bits per heavy atom. The van der Waals surface area contributed by atoms with Gasteiger partial charge in [0.15, 0.2) is 5.13 Å². The highest BCUT2D eigenvalue weighted by molar-refractivity contribution is 7.15. The maximum absolute atomic E-state index is 5.74. The second-order valence-corrected chi connectivity index (χ2v) is 4.73. The summed E-state index contributed by atoms with van der Waals surface area (Å²) in [6.45, 7) is 4.73. The Morgan fingerprint density at radius 3 is 3.29 bits per heavy atom. The highest BCUT2D eigenvalue weighted by atomic mass is 35.5. The van der Waals surface area contributed by atoms with Crippen molar-refractivity contribution >= 4 is 28.1 Å². The molecule has 78 valence electrons. The maximum atomic E-state index is 5.74. The van der Waals surface area contributed by atoms with Gasteiger partial charge in [0, 0.05) is 24.2 Å². The van der Waals surface area contributed by atoms with Crippen LogP contribution in [0.25, 0.3) is 0 Å². The first-order chi connectivity index (χ1) is 6.79. The summed E-state index contributed by atoms with van der Waals surface area (Å²) < 4.78 is 5.47. The van der Waals surface area contributed by atoms with E-state index in [1.165, 1.54) is 0 Å². The number of aromatic nitrogens is 1. The Balaban J connectivity index is 2.06. The number of rotatable bonds is 2. The fourth-order valence-electron chi connectivity index (χ4n) is 1.50. The Hall–Kier alpha value is -0.320. The van der Waals surface area contributed by atoms with Crippen LogP contribution in [0, 0.1) is 0 Å². The van der Waals surface area contributed by atoms with Gasteiger partial charge in [-0.1, -0.05) is 0 Å². The molecule has 1 unspecified atom stereocenters. The average molecular weight is 233 g/mol. The molecule has 0 aliphatic carbocycles. The first-order valence-electron chi connectivity index (χ1n) is 4.67. The van der Waals surface area contributed by atoms with Gasteiger partial charge in [-0.3, -0.25) is 0 Å². The van der Waals surface area contributed by atoms with E-state index in [0.717, 1.165) is 29.7 Å². The van der Waals surface area contributed by atoms with E-state index < -0.39 is 0 Å². The molecule has 2 heterocycles. The van der Waals surface area contributed by atoms with E-state index in [1.54, 1.807) is 11.3 Å². The number of hydrogen-bond donors (Lipinski definition) is 0. The number of nitrogens with zero attached hydrogens (tertiary/aromatic N) is 2. The fraction of sp³-hybridized carbons (Fsp3) is 0.667. The van der Waals surface area contributed by atoms with Gasteiger partial charge in [-0.15, -0.1) is 22.9 Å². The lowest BCUT2D eigenvalue weighted by atomic mass is 10.3. The molecule has 1 aliphatic heterocycles. The van der Waals surface area contributed by atoms with Crippen molar-refractivity contribution in [3.8, 4) is 0 Å². The van der Waals surface area contributed by atoms with Crippen molar-refractivity contribution in [2.24, 2.45) is 0 Å². The minimum Gasteiger partial charge on any atom is -0.375 e. The van der Waals surface area contributed by atoms with Crippen molar-refractivity contribution in [1.29, 1.82) is 0 Å². The summed E-state index contributed by atoms with van der Waals surface area (Å²) in [6.07, 6.45) is 2.15. The Kier molecular flexibility index (Phi) is 3.26. The predicted octanol–water partition coefficient (Wildman–Crippen LogP) is 2.11. The second kappa shape index (κ2) is 4.47. The van der Waals surface area contributed by atoms with Crippen LogP contribution < -0.4 is 4.90 Å². The quantitative estimate of drug-likeness (QED) is 0.731. The van der Waals surface area contributed by atoms with Crippen LogP contribution in [0.2, 0.25) is 0 Å². The van der Waals surface area contributed by atoms with Gasteiger partial charge in [0.25, 0.3) is 0 Å². The lowest BCUT2D eigenvalue weighted by Gasteiger charge is -2.30. The van der Waals surface area contributed by atoms with E-state index in [0.29, 0.717) is 12.0 Å². The molecule has 0 aromatic carbocycles. The van der Waals surface area contributed by atoms with E-state index in [4.69, 9.17) is 16.3 Å². The number of thiazole rings is 1. The number of halogens is 1. The van der Waals surface area contributed by atoms with Gasteiger partial charge < -0.3 is 9.64 Å². The Labute approximate surface area is 92.7 Å². The molecule has 0 spiro atoms. The molecule has 0 bridgehead atoms. The molecule has 1 aromatic heterocycles. The van der Waals surface area contributed by atoms with Gasteiger partial charge >= 0.3 is 0 Å². The summed E-state index contributed by atoms with van der Waals surface area (Å²) in [7, 11) is 0. The Bertz CT molecular complexity index is 305. The maximum Gasteiger partial charge on any atom is 0.185 e. The van der Waals surface area contributed by atoms with Crippen LogP contribution >= 0.6 is 22.9 Å². The van der Waals surface area contributed by atoms with Gasteiger partial charge in [0.2, 0.25) is 0 Å². The average Bonchev–Trinajstić information content (AvgIpc) is 2.66. The van der Waals surface area contributed by atoms with Gasteiger partial charge in [-0.05, 0) is 6.92 Å². The molecule has 1 saturated heterocycles. The number of hydrogen-bond acceptors (Lipinski definition) is 4. The van der Waals surface area contributed by atoms with Gasteiger partial charge in [-0.2, -0.15) is 0 Å². The lowest BCUT2D eigenvalue weighted by Crippen LogP contribution is -2.41. The molecule has 0 saturated carbocycles.